The van der Waals surface area contributed by atoms with E-state index in [1.165, 1.54) is 11.3 Å². The molecule has 3 rings (SSSR count). The number of hydrogen-bond acceptors (Lipinski definition) is 4. The van der Waals surface area contributed by atoms with Gasteiger partial charge in [-0.15, -0.1) is 11.3 Å². The van der Waals surface area contributed by atoms with Gasteiger partial charge in [-0.1, -0.05) is 0 Å². The van der Waals surface area contributed by atoms with E-state index in [0.29, 0.717) is 17.9 Å². The zero-order valence-corrected chi connectivity index (χ0v) is 15.1. The Kier molecular flexibility index (Phi) is 4.29. The average Bonchev–Trinajstić information content (AvgIpc) is 3.08. The van der Waals surface area contributed by atoms with Crippen LogP contribution in [0.2, 0.25) is 0 Å². The standard InChI is InChI=1S/C14H18BrNO3S2/c1-9-13(8-14(15)20-9)21(18,19)16-7-3-5-11(16)10-4-2-6-12(10)17/h8,10-11H,2-7H2,1H3. The topological polar surface area (TPSA) is 54.5 Å². The Morgan fingerprint density at radius 3 is 2.67 bits per heavy atom. The maximum Gasteiger partial charge on any atom is 0.244 e. The van der Waals surface area contributed by atoms with Crippen molar-refractivity contribution in [3.63, 3.8) is 0 Å². The Hall–Kier alpha value is -0.240. The predicted molar refractivity (Wildman–Crippen MR) is 86.0 cm³/mol. The summed E-state index contributed by atoms with van der Waals surface area (Å²) in [6.45, 7) is 2.36. The lowest BCUT2D eigenvalue weighted by molar-refractivity contribution is -0.121. The first-order valence-electron chi connectivity index (χ1n) is 7.22. The molecule has 1 aromatic heterocycles. The van der Waals surface area contributed by atoms with Crippen molar-refractivity contribution in [1.82, 2.24) is 4.31 Å². The number of hydrogen-bond donors (Lipinski definition) is 0. The van der Waals surface area contributed by atoms with E-state index in [1.807, 2.05) is 6.92 Å². The lowest BCUT2D eigenvalue weighted by Crippen LogP contribution is -2.41. The maximum atomic E-state index is 12.9. The van der Waals surface area contributed by atoms with Crippen molar-refractivity contribution in [2.45, 2.75) is 50.0 Å². The molecule has 0 N–H and O–H groups in total. The van der Waals surface area contributed by atoms with Gasteiger partial charge in [0.15, 0.2) is 0 Å². The molecule has 0 spiro atoms. The second-order valence-electron chi connectivity index (χ2n) is 5.76. The summed E-state index contributed by atoms with van der Waals surface area (Å²) in [4.78, 5) is 13.2. The third-order valence-corrected chi connectivity index (χ3v) is 8.23. The summed E-state index contributed by atoms with van der Waals surface area (Å²) in [6, 6.07) is 1.55. The Balaban J connectivity index is 1.94. The number of carbonyl (C=O) groups excluding carboxylic acids is 1. The van der Waals surface area contributed by atoms with Gasteiger partial charge in [0.25, 0.3) is 0 Å². The van der Waals surface area contributed by atoms with Gasteiger partial charge in [0.2, 0.25) is 10.0 Å². The Labute approximate surface area is 137 Å². The molecule has 1 aliphatic heterocycles. The van der Waals surface area contributed by atoms with E-state index in [0.717, 1.165) is 34.3 Å². The number of Topliss-reactive ketones (excluding diaryl/α,β-unsaturated/α-hetero) is 1. The summed E-state index contributed by atoms with van der Waals surface area (Å²) in [7, 11) is -3.50. The molecule has 2 unspecified atom stereocenters. The second kappa shape index (κ2) is 5.76. The summed E-state index contributed by atoms with van der Waals surface area (Å²) in [5.74, 6) is 0.148. The van der Waals surface area contributed by atoms with Crippen LogP contribution in [0.25, 0.3) is 0 Å². The lowest BCUT2D eigenvalue weighted by Gasteiger charge is -2.27. The maximum absolute atomic E-state index is 12.9. The van der Waals surface area contributed by atoms with Gasteiger partial charge in [0.1, 0.15) is 5.78 Å². The van der Waals surface area contributed by atoms with Crippen LogP contribution in [0.3, 0.4) is 0 Å². The smallest absolute Gasteiger partial charge is 0.244 e. The molecule has 0 aromatic carbocycles. The molecule has 4 nitrogen and oxygen atoms in total. The van der Waals surface area contributed by atoms with E-state index in [4.69, 9.17) is 0 Å². The molecule has 1 aromatic rings. The van der Waals surface area contributed by atoms with Crippen molar-refractivity contribution >= 4 is 43.1 Å². The van der Waals surface area contributed by atoms with Crippen LogP contribution in [0.4, 0.5) is 0 Å². The fraction of sp³-hybridized carbons (Fsp3) is 0.643. The van der Waals surface area contributed by atoms with E-state index < -0.39 is 10.0 Å². The first kappa shape index (κ1) is 15.6. The highest BCUT2D eigenvalue weighted by Crippen LogP contribution is 2.39. The number of aryl methyl sites for hydroxylation is 1. The Bertz CT molecular complexity index is 668. The minimum Gasteiger partial charge on any atom is -0.299 e. The molecule has 7 heteroatoms. The number of thiophene rings is 1. The number of halogens is 1. The van der Waals surface area contributed by atoms with E-state index in [1.54, 1.807) is 10.4 Å². The summed E-state index contributed by atoms with van der Waals surface area (Å²) < 4.78 is 28.3. The van der Waals surface area contributed by atoms with Crippen molar-refractivity contribution in [2.24, 2.45) is 5.92 Å². The van der Waals surface area contributed by atoms with Crippen molar-refractivity contribution in [3.05, 3.63) is 14.7 Å². The SMILES string of the molecule is Cc1sc(Br)cc1S(=O)(=O)N1CCCC1C1CCCC1=O. The minimum absolute atomic E-state index is 0.0929. The van der Waals surface area contributed by atoms with Gasteiger partial charge in [-0.05, 0) is 54.6 Å². The van der Waals surface area contributed by atoms with E-state index in [9.17, 15) is 13.2 Å². The Morgan fingerprint density at radius 2 is 2.10 bits per heavy atom. The highest BCUT2D eigenvalue weighted by Gasteiger charge is 2.44. The first-order valence-corrected chi connectivity index (χ1v) is 10.3. The number of sulfonamides is 1. The third-order valence-electron chi connectivity index (χ3n) is 4.49. The average molecular weight is 392 g/mol. The van der Waals surface area contributed by atoms with Gasteiger partial charge in [-0.25, -0.2) is 8.42 Å². The van der Waals surface area contributed by atoms with Crippen LogP contribution >= 0.6 is 27.3 Å². The summed E-state index contributed by atoms with van der Waals surface area (Å²) in [6.07, 6.45) is 3.99. The van der Waals surface area contributed by atoms with Crippen LogP contribution in [0, 0.1) is 12.8 Å². The molecular formula is C14H18BrNO3S2. The zero-order valence-electron chi connectivity index (χ0n) is 11.8. The van der Waals surface area contributed by atoms with Crippen LogP contribution in [0.1, 0.15) is 37.0 Å². The molecule has 1 saturated heterocycles. The summed E-state index contributed by atoms with van der Waals surface area (Å²) in [5.41, 5.74) is 0. The van der Waals surface area contributed by atoms with Crippen LogP contribution in [-0.2, 0) is 14.8 Å². The van der Waals surface area contributed by atoms with E-state index in [-0.39, 0.29) is 17.7 Å². The molecule has 2 heterocycles. The molecule has 2 aliphatic rings. The molecule has 0 radical (unpaired) electrons. The predicted octanol–water partition coefficient (Wildman–Crippen LogP) is 3.34. The highest BCUT2D eigenvalue weighted by molar-refractivity contribution is 9.11. The zero-order chi connectivity index (χ0) is 15.2. The summed E-state index contributed by atoms with van der Waals surface area (Å²) >= 11 is 4.79. The molecule has 2 fully saturated rings. The fourth-order valence-corrected chi connectivity index (χ4v) is 7.64. The minimum atomic E-state index is -3.50. The molecular weight excluding hydrogens is 374 g/mol. The van der Waals surface area contributed by atoms with Crippen LogP contribution in [0.15, 0.2) is 14.7 Å². The van der Waals surface area contributed by atoms with Gasteiger partial charge in [0.05, 0.1) is 8.68 Å². The lowest BCUT2D eigenvalue weighted by atomic mass is 9.96. The van der Waals surface area contributed by atoms with E-state index in [2.05, 4.69) is 15.9 Å². The molecule has 1 aliphatic carbocycles. The number of nitrogens with zero attached hydrogens (tertiary/aromatic N) is 1. The number of carbonyl (C=O) groups is 1. The quantitative estimate of drug-likeness (QED) is 0.793. The van der Waals surface area contributed by atoms with Gasteiger partial charge in [0, 0.05) is 29.8 Å². The second-order valence-corrected chi connectivity index (χ2v) is 10.3. The van der Waals surface area contributed by atoms with Gasteiger partial charge >= 0.3 is 0 Å². The highest BCUT2D eigenvalue weighted by atomic mass is 79.9. The van der Waals surface area contributed by atoms with Crippen LogP contribution in [-0.4, -0.2) is 31.1 Å². The fourth-order valence-electron chi connectivity index (χ4n) is 3.53. The molecule has 1 saturated carbocycles. The number of ketones is 1. The Morgan fingerprint density at radius 1 is 1.33 bits per heavy atom. The van der Waals surface area contributed by atoms with E-state index >= 15 is 0 Å². The molecule has 0 amide bonds. The summed E-state index contributed by atoms with van der Waals surface area (Å²) in [5, 5.41) is 0. The monoisotopic (exact) mass is 391 g/mol. The molecule has 0 bridgehead atoms. The first-order chi connectivity index (χ1) is 9.91. The third kappa shape index (κ3) is 2.73. The number of rotatable bonds is 3. The van der Waals surface area contributed by atoms with Crippen molar-refractivity contribution in [3.8, 4) is 0 Å². The molecule has 116 valence electrons. The molecule has 2 atom stereocenters. The van der Waals surface area contributed by atoms with Crippen molar-refractivity contribution < 1.29 is 13.2 Å². The van der Waals surface area contributed by atoms with Gasteiger partial charge in [-0.3, -0.25) is 4.79 Å². The van der Waals surface area contributed by atoms with Crippen molar-refractivity contribution in [2.75, 3.05) is 6.54 Å². The van der Waals surface area contributed by atoms with Crippen LogP contribution < -0.4 is 0 Å². The normalized spacial score (nSPS) is 27.6. The largest absolute Gasteiger partial charge is 0.299 e. The van der Waals surface area contributed by atoms with Crippen LogP contribution in [0.5, 0.6) is 0 Å². The van der Waals surface area contributed by atoms with Gasteiger partial charge < -0.3 is 0 Å². The molecule has 21 heavy (non-hydrogen) atoms. The van der Waals surface area contributed by atoms with Crippen molar-refractivity contribution in [1.29, 1.82) is 0 Å². The van der Waals surface area contributed by atoms with Gasteiger partial charge in [-0.2, -0.15) is 4.31 Å².